The molecule has 1 aromatic carbocycles. The Bertz CT molecular complexity index is 998. The summed E-state index contributed by atoms with van der Waals surface area (Å²) < 4.78 is 39.1. The lowest BCUT2D eigenvalue weighted by atomic mass is 9.98. The summed E-state index contributed by atoms with van der Waals surface area (Å²) in [5.41, 5.74) is 1.11. The van der Waals surface area contributed by atoms with E-state index in [1.807, 2.05) is 0 Å². The molecular weight excluding hydrogens is 422 g/mol. The summed E-state index contributed by atoms with van der Waals surface area (Å²) in [7, 11) is -3.57. The normalized spacial score (nSPS) is 18.9. The van der Waals surface area contributed by atoms with Crippen LogP contribution in [0.2, 0.25) is 0 Å². The molecule has 0 unspecified atom stereocenters. The molecular formula is C21H29N3O4S2. The van der Waals surface area contributed by atoms with Crippen molar-refractivity contribution in [1.29, 1.82) is 0 Å². The Morgan fingerprint density at radius 2 is 1.83 bits per heavy atom. The van der Waals surface area contributed by atoms with E-state index in [0.29, 0.717) is 44.3 Å². The molecule has 1 saturated heterocycles. The van der Waals surface area contributed by atoms with Gasteiger partial charge in [-0.2, -0.15) is 4.31 Å². The molecule has 0 atom stereocenters. The Morgan fingerprint density at radius 1 is 1.07 bits per heavy atom. The summed E-state index contributed by atoms with van der Waals surface area (Å²) in [6, 6.07) is 4.87. The minimum Gasteiger partial charge on any atom is -0.486 e. The van der Waals surface area contributed by atoms with Crippen molar-refractivity contribution in [2.75, 3.05) is 39.4 Å². The molecule has 164 valence electrons. The molecule has 0 aliphatic carbocycles. The van der Waals surface area contributed by atoms with Crippen molar-refractivity contribution in [2.24, 2.45) is 0 Å². The van der Waals surface area contributed by atoms with Crippen molar-refractivity contribution in [3.05, 3.63) is 34.3 Å². The molecule has 30 heavy (non-hydrogen) atoms. The third kappa shape index (κ3) is 4.64. The summed E-state index contributed by atoms with van der Waals surface area (Å²) >= 11 is 1.70. The van der Waals surface area contributed by atoms with Gasteiger partial charge in [0.1, 0.15) is 13.2 Å². The molecule has 3 heterocycles. The lowest BCUT2D eigenvalue weighted by Gasteiger charge is -2.23. The van der Waals surface area contributed by atoms with Gasteiger partial charge in [0.05, 0.1) is 15.6 Å². The van der Waals surface area contributed by atoms with E-state index in [4.69, 9.17) is 14.5 Å². The Balaban J connectivity index is 1.43. The zero-order valence-electron chi connectivity index (χ0n) is 17.8. The third-order valence-electron chi connectivity index (χ3n) is 5.28. The van der Waals surface area contributed by atoms with E-state index in [9.17, 15) is 8.42 Å². The maximum absolute atomic E-state index is 13.2. The van der Waals surface area contributed by atoms with Crippen LogP contribution in [0.25, 0.3) is 0 Å². The van der Waals surface area contributed by atoms with Crippen LogP contribution in [0.4, 0.5) is 0 Å². The van der Waals surface area contributed by atoms with Gasteiger partial charge in [0.2, 0.25) is 10.0 Å². The first-order valence-electron chi connectivity index (χ1n) is 10.3. The molecule has 0 amide bonds. The fourth-order valence-corrected chi connectivity index (χ4v) is 6.02. The van der Waals surface area contributed by atoms with Crippen LogP contribution in [0.1, 0.15) is 37.9 Å². The molecule has 0 spiro atoms. The second kappa shape index (κ2) is 8.45. The van der Waals surface area contributed by atoms with E-state index < -0.39 is 10.0 Å². The fraction of sp³-hybridized carbons (Fsp3) is 0.571. The van der Waals surface area contributed by atoms with Crippen molar-refractivity contribution >= 4 is 21.4 Å². The Kier molecular flexibility index (Phi) is 6.07. The summed E-state index contributed by atoms with van der Waals surface area (Å²) in [6.07, 6.45) is 0.792. The molecule has 0 bridgehead atoms. The highest BCUT2D eigenvalue weighted by molar-refractivity contribution is 7.89. The van der Waals surface area contributed by atoms with Crippen LogP contribution in [0.5, 0.6) is 11.5 Å². The van der Waals surface area contributed by atoms with E-state index >= 15 is 0 Å². The first-order valence-corrected chi connectivity index (χ1v) is 12.6. The van der Waals surface area contributed by atoms with Crippen LogP contribution >= 0.6 is 11.3 Å². The van der Waals surface area contributed by atoms with Gasteiger partial charge in [0, 0.05) is 43.0 Å². The van der Waals surface area contributed by atoms with Crippen LogP contribution < -0.4 is 9.47 Å². The Hall–Kier alpha value is -1.68. The quantitative estimate of drug-likeness (QED) is 0.711. The summed E-state index contributed by atoms with van der Waals surface area (Å²) in [4.78, 5) is 7.33. The van der Waals surface area contributed by atoms with Crippen LogP contribution in [0.15, 0.2) is 28.5 Å². The van der Waals surface area contributed by atoms with E-state index in [1.54, 1.807) is 33.8 Å². The average molecular weight is 452 g/mol. The molecule has 9 heteroatoms. The maximum Gasteiger partial charge on any atom is 0.243 e. The number of rotatable bonds is 4. The number of hydrogen-bond donors (Lipinski definition) is 0. The van der Waals surface area contributed by atoms with Crippen LogP contribution in [-0.2, 0) is 22.0 Å². The van der Waals surface area contributed by atoms with E-state index in [1.165, 1.54) is 0 Å². The van der Waals surface area contributed by atoms with Crippen molar-refractivity contribution in [2.45, 2.75) is 44.0 Å². The van der Waals surface area contributed by atoms with Gasteiger partial charge in [0.25, 0.3) is 0 Å². The highest BCUT2D eigenvalue weighted by Crippen LogP contribution is 2.33. The maximum atomic E-state index is 13.2. The molecule has 0 N–H and O–H groups in total. The highest BCUT2D eigenvalue weighted by atomic mass is 32.2. The lowest BCUT2D eigenvalue weighted by molar-refractivity contribution is 0.171. The average Bonchev–Trinajstić information content (AvgIpc) is 3.06. The monoisotopic (exact) mass is 451 g/mol. The molecule has 2 aliphatic rings. The summed E-state index contributed by atoms with van der Waals surface area (Å²) in [6.45, 7) is 10.7. The molecule has 1 aromatic heterocycles. The van der Waals surface area contributed by atoms with E-state index in [0.717, 1.165) is 30.2 Å². The van der Waals surface area contributed by atoms with Gasteiger partial charge in [-0.05, 0) is 25.1 Å². The molecule has 4 rings (SSSR count). The van der Waals surface area contributed by atoms with Crippen LogP contribution in [0, 0.1) is 0 Å². The van der Waals surface area contributed by atoms with Gasteiger partial charge in [-0.25, -0.2) is 13.4 Å². The predicted octanol–water partition coefficient (Wildman–Crippen LogP) is 3.11. The fourth-order valence-electron chi connectivity index (χ4n) is 3.63. The van der Waals surface area contributed by atoms with E-state index in [-0.39, 0.29) is 10.3 Å². The number of sulfonamides is 1. The van der Waals surface area contributed by atoms with Gasteiger partial charge in [-0.1, -0.05) is 20.8 Å². The second-order valence-electron chi connectivity index (χ2n) is 8.73. The van der Waals surface area contributed by atoms with Crippen molar-refractivity contribution in [3.8, 4) is 11.5 Å². The molecule has 1 fully saturated rings. The zero-order valence-corrected chi connectivity index (χ0v) is 19.4. The van der Waals surface area contributed by atoms with Crippen molar-refractivity contribution in [1.82, 2.24) is 14.2 Å². The SMILES string of the molecule is CC(C)(C)c1nc(CN2CCCN(S(=O)(=O)c3ccc4c(c3)OCCO4)CC2)cs1. The molecule has 7 nitrogen and oxygen atoms in total. The first-order chi connectivity index (χ1) is 14.2. The molecule has 2 aromatic rings. The Labute approximate surface area is 182 Å². The molecule has 0 saturated carbocycles. The molecule has 2 aliphatic heterocycles. The van der Waals surface area contributed by atoms with Gasteiger partial charge in [-0.15, -0.1) is 11.3 Å². The van der Waals surface area contributed by atoms with Crippen molar-refractivity contribution < 1.29 is 17.9 Å². The number of benzene rings is 1. The van der Waals surface area contributed by atoms with Crippen LogP contribution in [0.3, 0.4) is 0 Å². The van der Waals surface area contributed by atoms with E-state index in [2.05, 4.69) is 31.1 Å². The van der Waals surface area contributed by atoms with Crippen molar-refractivity contribution in [3.63, 3.8) is 0 Å². The van der Waals surface area contributed by atoms with Crippen LogP contribution in [-0.4, -0.2) is 62.0 Å². The second-order valence-corrected chi connectivity index (χ2v) is 11.5. The number of nitrogens with zero attached hydrogens (tertiary/aromatic N) is 3. The third-order valence-corrected chi connectivity index (χ3v) is 8.49. The van der Waals surface area contributed by atoms with Gasteiger partial charge < -0.3 is 9.47 Å². The van der Waals surface area contributed by atoms with Gasteiger partial charge >= 0.3 is 0 Å². The smallest absolute Gasteiger partial charge is 0.243 e. The Morgan fingerprint density at radius 3 is 2.57 bits per heavy atom. The largest absolute Gasteiger partial charge is 0.486 e. The number of fused-ring (bicyclic) bond motifs is 1. The predicted molar refractivity (Wildman–Crippen MR) is 117 cm³/mol. The standard InChI is InChI=1S/C21H29N3O4S2/c1-21(2,3)20-22-16(15-29-20)14-23-7-4-8-24(10-9-23)30(25,26)17-5-6-18-19(13-17)28-12-11-27-18/h5-6,13,15H,4,7-12,14H2,1-3H3. The lowest BCUT2D eigenvalue weighted by Crippen LogP contribution is -2.35. The van der Waals surface area contributed by atoms with Gasteiger partial charge in [-0.3, -0.25) is 4.90 Å². The zero-order chi connectivity index (χ0) is 21.4. The minimum absolute atomic E-state index is 0.0518. The number of ether oxygens (including phenoxy) is 2. The number of hydrogen-bond acceptors (Lipinski definition) is 7. The van der Waals surface area contributed by atoms with Gasteiger partial charge in [0.15, 0.2) is 11.5 Å². The number of thiazole rings is 1. The number of aromatic nitrogens is 1. The first kappa shape index (κ1) is 21.5. The summed E-state index contributed by atoms with van der Waals surface area (Å²) in [5.74, 6) is 1.09. The topological polar surface area (TPSA) is 72.0 Å². The minimum atomic E-state index is -3.57. The molecule has 0 radical (unpaired) electrons. The highest BCUT2D eigenvalue weighted by Gasteiger charge is 2.29. The summed E-state index contributed by atoms with van der Waals surface area (Å²) in [5, 5.41) is 3.25.